The molecule has 2 aromatic rings. The van der Waals surface area contributed by atoms with E-state index in [0.717, 1.165) is 11.1 Å². The zero-order valence-corrected chi connectivity index (χ0v) is 14.4. The molecule has 1 aromatic carbocycles. The second-order valence-electron chi connectivity index (χ2n) is 5.66. The number of aliphatic carboxylic acids is 1. The minimum Gasteiger partial charge on any atom is -0.479 e. The Hall–Kier alpha value is -2.47. The molecule has 1 amide bonds. The highest BCUT2D eigenvalue weighted by Gasteiger charge is 2.23. The Morgan fingerprint density at radius 2 is 1.79 bits per heavy atom. The molecule has 0 saturated heterocycles. The van der Waals surface area contributed by atoms with Gasteiger partial charge in [0.1, 0.15) is 0 Å². The van der Waals surface area contributed by atoms with Crippen LogP contribution in [-0.4, -0.2) is 22.8 Å². The SMILES string of the molecule is Cc1cc(C)cc(C(NC(=O)CCC(=O)c2cccs2)C(=O)O)c1. The van der Waals surface area contributed by atoms with Gasteiger partial charge in [-0.1, -0.05) is 35.4 Å². The van der Waals surface area contributed by atoms with Gasteiger partial charge in [0.15, 0.2) is 11.8 Å². The largest absolute Gasteiger partial charge is 0.479 e. The zero-order chi connectivity index (χ0) is 17.7. The lowest BCUT2D eigenvalue weighted by Gasteiger charge is -2.16. The molecule has 126 valence electrons. The number of nitrogens with one attached hydrogen (secondary N) is 1. The predicted molar refractivity (Wildman–Crippen MR) is 92.3 cm³/mol. The predicted octanol–water partition coefficient (Wildman–Crippen LogP) is 3.27. The van der Waals surface area contributed by atoms with Crippen LogP contribution in [0.25, 0.3) is 0 Å². The van der Waals surface area contributed by atoms with Crippen molar-refractivity contribution in [1.29, 1.82) is 0 Å². The van der Waals surface area contributed by atoms with Gasteiger partial charge in [0.05, 0.1) is 4.88 Å². The number of carbonyl (C=O) groups excluding carboxylic acids is 2. The molecule has 6 heteroatoms. The molecule has 5 nitrogen and oxygen atoms in total. The minimum atomic E-state index is -1.13. The molecule has 24 heavy (non-hydrogen) atoms. The van der Waals surface area contributed by atoms with Crippen LogP contribution in [0.15, 0.2) is 35.7 Å². The van der Waals surface area contributed by atoms with E-state index in [1.807, 2.05) is 19.9 Å². The second kappa shape index (κ2) is 7.88. The van der Waals surface area contributed by atoms with E-state index >= 15 is 0 Å². The number of Topliss-reactive ketones (excluding diaryl/α,β-unsaturated/α-hetero) is 1. The molecule has 0 bridgehead atoms. The molecule has 2 rings (SSSR count). The quantitative estimate of drug-likeness (QED) is 0.755. The van der Waals surface area contributed by atoms with E-state index in [9.17, 15) is 19.5 Å². The van der Waals surface area contributed by atoms with Gasteiger partial charge in [-0.2, -0.15) is 0 Å². The summed E-state index contributed by atoms with van der Waals surface area (Å²) in [6.45, 7) is 3.74. The zero-order valence-electron chi connectivity index (χ0n) is 13.5. The summed E-state index contributed by atoms with van der Waals surface area (Å²) in [6.07, 6.45) is 0.0246. The van der Waals surface area contributed by atoms with E-state index in [2.05, 4.69) is 5.32 Å². The third kappa shape index (κ3) is 4.76. The van der Waals surface area contributed by atoms with Crippen LogP contribution in [0.4, 0.5) is 0 Å². The lowest BCUT2D eigenvalue weighted by molar-refractivity contribution is -0.142. The van der Waals surface area contributed by atoms with Gasteiger partial charge in [-0.05, 0) is 30.9 Å². The third-order valence-corrected chi connectivity index (χ3v) is 4.42. The van der Waals surface area contributed by atoms with Crippen LogP contribution in [0.3, 0.4) is 0 Å². The maximum atomic E-state index is 12.1. The minimum absolute atomic E-state index is 0.0364. The van der Waals surface area contributed by atoms with Gasteiger partial charge in [-0.25, -0.2) is 4.79 Å². The van der Waals surface area contributed by atoms with Crippen molar-refractivity contribution < 1.29 is 19.5 Å². The van der Waals surface area contributed by atoms with Crippen molar-refractivity contribution in [3.05, 3.63) is 57.3 Å². The van der Waals surface area contributed by atoms with E-state index in [1.54, 1.807) is 29.6 Å². The number of carboxylic acid groups (broad SMARTS) is 1. The van der Waals surface area contributed by atoms with Gasteiger partial charge in [-0.3, -0.25) is 9.59 Å². The van der Waals surface area contributed by atoms with Crippen LogP contribution < -0.4 is 5.32 Å². The second-order valence-corrected chi connectivity index (χ2v) is 6.61. The molecule has 1 heterocycles. The average molecular weight is 345 g/mol. The van der Waals surface area contributed by atoms with Crippen molar-refractivity contribution in [3.8, 4) is 0 Å². The molecular weight excluding hydrogens is 326 g/mol. The van der Waals surface area contributed by atoms with Crippen LogP contribution in [0, 0.1) is 13.8 Å². The van der Waals surface area contributed by atoms with Crippen LogP contribution in [-0.2, 0) is 9.59 Å². The van der Waals surface area contributed by atoms with Crippen LogP contribution >= 0.6 is 11.3 Å². The van der Waals surface area contributed by atoms with Gasteiger partial charge in [-0.15, -0.1) is 11.3 Å². The Bertz CT molecular complexity index is 732. The lowest BCUT2D eigenvalue weighted by Crippen LogP contribution is -2.34. The summed E-state index contributed by atoms with van der Waals surface area (Å²) in [7, 11) is 0. The van der Waals surface area contributed by atoms with Crippen LogP contribution in [0.2, 0.25) is 0 Å². The van der Waals surface area contributed by atoms with Crippen LogP contribution in [0.1, 0.15) is 45.2 Å². The van der Waals surface area contributed by atoms with Crippen molar-refractivity contribution in [1.82, 2.24) is 5.32 Å². The van der Waals surface area contributed by atoms with E-state index < -0.39 is 17.9 Å². The molecule has 0 aliphatic carbocycles. The first-order chi connectivity index (χ1) is 11.4. The summed E-state index contributed by atoms with van der Waals surface area (Å²) in [5.41, 5.74) is 2.38. The van der Waals surface area contributed by atoms with Gasteiger partial charge in [0.2, 0.25) is 5.91 Å². The van der Waals surface area contributed by atoms with Crippen molar-refractivity contribution >= 4 is 29.0 Å². The lowest BCUT2D eigenvalue weighted by atomic mass is 10.0. The number of carbonyl (C=O) groups is 3. The fraction of sp³-hybridized carbons (Fsp3) is 0.278. The highest BCUT2D eigenvalue weighted by atomic mass is 32.1. The highest BCUT2D eigenvalue weighted by molar-refractivity contribution is 7.12. The number of hydrogen-bond donors (Lipinski definition) is 2. The Balaban J connectivity index is 2.01. The normalized spacial score (nSPS) is 11.8. The Kier molecular flexibility index (Phi) is 5.87. The van der Waals surface area contributed by atoms with E-state index in [0.29, 0.717) is 10.4 Å². The first kappa shape index (κ1) is 17.9. The monoisotopic (exact) mass is 345 g/mol. The standard InChI is InChI=1S/C18H19NO4S/c1-11-8-12(2)10-13(9-11)17(18(22)23)19-16(21)6-5-14(20)15-4-3-7-24-15/h3-4,7-10,17H,5-6H2,1-2H3,(H,19,21)(H,22,23). The fourth-order valence-corrected chi connectivity index (χ4v) is 3.18. The van der Waals surface area contributed by atoms with E-state index in [-0.39, 0.29) is 18.6 Å². The molecular formula is C18H19NO4S. The molecule has 1 atom stereocenters. The fourth-order valence-electron chi connectivity index (χ4n) is 2.48. The first-order valence-corrected chi connectivity index (χ1v) is 8.42. The highest BCUT2D eigenvalue weighted by Crippen LogP contribution is 2.18. The van der Waals surface area contributed by atoms with Crippen LogP contribution in [0.5, 0.6) is 0 Å². The maximum Gasteiger partial charge on any atom is 0.330 e. The Morgan fingerprint density at radius 1 is 1.12 bits per heavy atom. The summed E-state index contributed by atoms with van der Waals surface area (Å²) in [5.74, 6) is -1.69. The summed E-state index contributed by atoms with van der Waals surface area (Å²) >= 11 is 1.33. The number of thiophene rings is 1. The van der Waals surface area contributed by atoms with Gasteiger partial charge < -0.3 is 10.4 Å². The molecule has 0 saturated carbocycles. The number of ketones is 1. The smallest absolute Gasteiger partial charge is 0.330 e. The van der Waals surface area contributed by atoms with Crippen molar-refractivity contribution in [2.24, 2.45) is 0 Å². The number of hydrogen-bond acceptors (Lipinski definition) is 4. The summed E-state index contributed by atoms with van der Waals surface area (Å²) in [5, 5.41) is 13.7. The van der Waals surface area contributed by atoms with E-state index in [4.69, 9.17) is 0 Å². The third-order valence-electron chi connectivity index (χ3n) is 3.50. The first-order valence-electron chi connectivity index (χ1n) is 7.54. The molecule has 0 aliphatic rings. The number of carboxylic acids is 1. The van der Waals surface area contributed by atoms with Gasteiger partial charge in [0.25, 0.3) is 0 Å². The number of rotatable bonds is 7. The molecule has 1 unspecified atom stereocenters. The van der Waals surface area contributed by atoms with Crippen molar-refractivity contribution in [2.75, 3.05) is 0 Å². The Labute approximate surface area is 144 Å². The average Bonchev–Trinajstić information content (AvgIpc) is 3.03. The van der Waals surface area contributed by atoms with Gasteiger partial charge in [0, 0.05) is 12.8 Å². The topological polar surface area (TPSA) is 83.5 Å². The molecule has 0 fully saturated rings. The molecule has 0 spiro atoms. The summed E-state index contributed by atoms with van der Waals surface area (Å²) < 4.78 is 0. The van der Waals surface area contributed by atoms with Gasteiger partial charge >= 0.3 is 5.97 Å². The summed E-state index contributed by atoms with van der Waals surface area (Å²) in [6, 6.07) is 7.78. The summed E-state index contributed by atoms with van der Waals surface area (Å²) in [4.78, 5) is 36.1. The molecule has 1 aromatic heterocycles. The van der Waals surface area contributed by atoms with Crippen molar-refractivity contribution in [2.45, 2.75) is 32.7 Å². The molecule has 0 radical (unpaired) electrons. The maximum absolute atomic E-state index is 12.1. The number of benzene rings is 1. The Morgan fingerprint density at radius 3 is 2.33 bits per heavy atom. The number of aryl methyl sites for hydroxylation is 2. The molecule has 0 aliphatic heterocycles. The molecule has 2 N–H and O–H groups in total. The number of amides is 1. The van der Waals surface area contributed by atoms with Crippen molar-refractivity contribution in [3.63, 3.8) is 0 Å². The van der Waals surface area contributed by atoms with E-state index in [1.165, 1.54) is 11.3 Å².